The minimum absolute atomic E-state index is 0.0129. The predicted octanol–water partition coefficient (Wildman–Crippen LogP) is 17.6. The molecule has 2 saturated heterocycles. The molecule has 0 radical (unpaired) electrons. The van der Waals surface area contributed by atoms with Crippen LogP contribution in [0.5, 0.6) is 0 Å². The number of phosphoric ester groups is 1. The second-order valence-corrected chi connectivity index (χ2v) is 35.6. The number of phosphoric acid groups is 1. The van der Waals surface area contributed by atoms with Gasteiger partial charge in [0.1, 0.15) is 92.6 Å². The van der Waals surface area contributed by atoms with Crippen LogP contribution < -0.4 is 0 Å². The summed E-state index contributed by atoms with van der Waals surface area (Å²) in [5.74, 6) is -2.36. The highest BCUT2D eigenvalue weighted by Crippen LogP contribution is 2.49. The standard InChI is InChI=1S/C92H169O25P/c1-6-10-14-18-22-25-28-31-33-36-39-42-45-52-58-64-76(95)109-70-74-80(99)82(101)86(105)92(113-74)116-89-87(114-78(97)66-60-54-48-47-50-56-62-71(5)61-55-49-21-17-13-9-4)83(102)84(103)88(115-91-85(104)81(100)79(98)73(67-93)112-91)90(89)117-118(106,107)110-69-72(68-108-75(94)63-57-51-44-41-38-35-30-27-24-20-16-12-8-3)111-77(96)65-59-53-46-43-40-37-34-32-29-26-23-19-15-11-7-2/h26,29,35,38,71-74,79-93,98-105H,6-25,27-28,30-34,36-37,39-70H2,1-5H3,(H,106,107)/b29-26-,38-35-. The van der Waals surface area contributed by atoms with Gasteiger partial charge in [-0.1, -0.05) is 322 Å². The number of ether oxygens (including phenoxy) is 8. The van der Waals surface area contributed by atoms with Crippen molar-refractivity contribution in [2.45, 2.75) is 505 Å². The van der Waals surface area contributed by atoms with Gasteiger partial charge in [-0.15, -0.1) is 0 Å². The average Bonchev–Trinajstić information content (AvgIpc) is 0.755. The zero-order valence-electron chi connectivity index (χ0n) is 73.9. The van der Waals surface area contributed by atoms with Crippen molar-refractivity contribution < 1.29 is 122 Å². The molecule has 0 amide bonds. The third-order valence-corrected chi connectivity index (χ3v) is 24.3. The molecule has 2 heterocycles. The molecule has 25 nitrogen and oxygen atoms in total. The Bertz CT molecular complexity index is 2570. The Hall–Kier alpha value is -3.05. The van der Waals surface area contributed by atoms with Crippen LogP contribution in [-0.4, -0.2) is 205 Å². The molecule has 19 atom stereocenters. The van der Waals surface area contributed by atoms with Crippen molar-refractivity contribution in [3.63, 3.8) is 0 Å². The molecule has 19 unspecified atom stereocenters. The van der Waals surface area contributed by atoms with Gasteiger partial charge in [-0.05, 0) is 83.0 Å². The van der Waals surface area contributed by atoms with Crippen LogP contribution in [0, 0.1) is 5.92 Å². The Labute approximate surface area is 711 Å². The number of hydrogen-bond donors (Lipinski definition) is 10. The summed E-state index contributed by atoms with van der Waals surface area (Å²) in [5, 5.41) is 102. The van der Waals surface area contributed by atoms with E-state index in [9.17, 15) is 74.6 Å². The molecule has 0 aromatic heterocycles. The lowest BCUT2D eigenvalue weighted by Gasteiger charge is -2.50. The van der Waals surface area contributed by atoms with E-state index in [1.165, 1.54) is 161 Å². The maximum absolute atomic E-state index is 14.9. The maximum atomic E-state index is 14.9. The van der Waals surface area contributed by atoms with Crippen LogP contribution in [0.25, 0.3) is 0 Å². The van der Waals surface area contributed by atoms with Crippen LogP contribution in [0.3, 0.4) is 0 Å². The molecule has 118 heavy (non-hydrogen) atoms. The van der Waals surface area contributed by atoms with Gasteiger partial charge in [0.15, 0.2) is 24.8 Å². The van der Waals surface area contributed by atoms with E-state index in [4.69, 9.17) is 46.9 Å². The first-order valence-corrected chi connectivity index (χ1v) is 49.0. The first-order valence-electron chi connectivity index (χ1n) is 47.5. The van der Waals surface area contributed by atoms with Crippen molar-refractivity contribution in [1.29, 1.82) is 0 Å². The quantitative estimate of drug-likeness (QED) is 0.00889. The minimum Gasteiger partial charge on any atom is -0.463 e. The van der Waals surface area contributed by atoms with Crippen molar-refractivity contribution in [2.24, 2.45) is 5.92 Å². The SMILES string of the molecule is CCCCCC/C=C\CCCCCCCCCC(=O)OC(COC(=O)CCCCC/C=C\CCCCCCCC)COP(=O)(O)OC1C(OC2OC(CO)C(O)C(O)C2O)C(O)C(O)C(OC(=O)CCCCCCCCC(C)CCCCCCCC)C1OC1OC(COC(=O)CCCCCCCCCCCCCCCCC)C(O)C(O)C1O. The summed E-state index contributed by atoms with van der Waals surface area (Å²) < 4.78 is 73.5. The Kier molecular flexibility index (Phi) is 64.9. The average molecular weight is 1710 g/mol. The van der Waals surface area contributed by atoms with E-state index in [0.717, 1.165) is 141 Å². The number of rotatable bonds is 76. The van der Waals surface area contributed by atoms with Crippen molar-refractivity contribution >= 4 is 31.7 Å². The zero-order chi connectivity index (χ0) is 86.2. The molecule has 26 heteroatoms. The van der Waals surface area contributed by atoms with E-state index in [2.05, 4.69) is 58.9 Å². The van der Waals surface area contributed by atoms with Crippen LogP contribution in [0.15, 0.2) is 24.3 Å². The number of carbonyl (C=O) groups excluding carboxylic acids is 4. The molecule has 2 aliphatic heterocycles. The fourth-order valence-electron chi connectivity index (χ4n) is 15.7. The van der Waals surface area contributed by atoms with E-state index in [1.807, 2.05) is 0 Å². The van der Waals surface area contributed by atoms with Gasteiger partial charge in [-0.3, -0.25) is 28.2 Å². The van der Waals surface area contributed by atoms with Crippen LogP contribution in [0.2, 0.25) is 0 Å². The van der Waals surface area contributed by atoms with Gasteiger partial charge in [0.05, 0.1) is 13.2 Å². The number of aliphatic hydroxyl groups is 9. The highest BCUT2D eigenvalue weighted by atomic mass is 31.2. The Morgan fingerprint density at radius 1 is 0.356 bits per heavy atom. The minimum atomic E-state index is -5.81. The predicted molar refractivity (Wildman–Crippen MR) is 458 cm³/mol. The van der Waals surface area contributed by atoms with E-state index < -0.39 is 162 Å². The third kappa shape index (κ3) is 50.2. The summed E-state index contributed by atoms with van der Waals surface area (Å²) in [5.41, 5.74) is 0. The zero-order valence-corrected chi connectivity index (χ0v) is 74.8. The second-order valence-electron chi connectivity index (χ2n) is 34.1. The normalized spacial score (nSPS) is 25.3. The lowest BCUT2D eigenvalue weighted by atomic mass is 9.84. The Morgan fingerprint density at radius 2 is 0.686 bits per heavy atom. The summed E-state index contributed by atoms with van der Waals surface area (Å²) in [6.45, 7) is 7.87. The molecular weight excluding hydrogens is 1540 g/mol. The second kappa shape index (κ2) is 70.2. The number of hydrogen-bond acceptors (Lipinski definition) is 24. The molecule has 0 bridgehead atoms. The topological polar surface area (TPSA) is 380 Å². The van der Waals surface area contributed by atoms with Gasteiger partial charge in [0.2, 0.25) is 0 Å². The van der Waals surface area contributed by atoms with E-state index in [-0.39, 0.29) is 25.7 Å². The Balaban J connectivity index is 1.93. The van der Waals surface area contributed by atoms with E-state index >= 15 is 0 Å². The molecule has 1 aliphatic carbocycles. The first-order chi connectivity index (χ1) is 57.1. The fourth-order valence-corrected chi connectivity index (χ4v) is 16.6. The van der Waals surface area contributed by atoms with Gasteiger partial charge < -0.3 is 88.7 Å². The number of esters is 4. The fraction of sp³-hybridized carbons (Fsp3) is 0.913. The number of aliphatic hydroxyl groups excluding tert-OH is 9. The summed E-state index contributed by atoms with van der Waals surface area (Å²) in [6.07, 6.45) is 28.9. The monoisotopic (exact) mass is 1710 g/mol. The lowest BCUT2D eigenvalue weighted by molar-refractivity contribution is -0.360. The molecule has 0 aromatic rings. The summed E-state index contributed by atoms with van der Waals surface area (Å²) in [4.78, 5) is 66.5. The molecule has 1 saturated carbocycles. The molecule has 0 spiro atoms. The lowest BCUT2D eigenvalue weighted by Crippen LogP contribution is -2.70. The van der Waals surface area contributed by atoms with Crippen LogP contribution in [0.4, 0.5) is 0 Å². The Morgan fingerprint density at radius 3 is 1.11 bits per heavy atom. The van der Waals surface area contributed by atoms with E-state index in [1.54, 1.807) is 0 Å². The van der Waals surface area contributed by atoms with Gasteiger partial charge in [0, 0.05) is 25.7 Å². The molecule has 10 N–H and O–H groups in total. The summed E-state index contributed by atoms with van der Waals surface area (Å²) in [6, 6.07) is 0. The van der Waals surface area contributed by atoms with Gasteiger partial charge >= 0.3 is 31.7 Å². The highest BCUT2D eigenvalue weighted by molar-refractivity contribution is 7.47. The number of carbonyl (C=O) groups is 4. The molecule has 692 valence electrons. The largest absolute Gasteiger partial charge is 0.472 e. The number of allylic oxidation sites excluding steroid dienone is 4. The van der Waals surface area contributed by atoms with Crippen molar-refractivity contribution in [3.05, 3.63) is 24.3 Å². The van der Waals surface area contributed by atoms with Gasteiger partial charge in [-0.25, -0.2) is 4.57 Å². The van der Waals surface area contributed by atoms with Crippen molar-refractivity contribution in [2.75, 3.05) is 26.4 Å². The van der Waals surface area contributed by atoms with E-state index in [0.29, 0.717) is 44.4 Å². The van der Waals surface area contributed by atoms with Crippen molar-refractivity contribution in [3.8, 4) is 0 Å². The van der Waals surface area contributed by atoms with Gasteiger partial charge in [-0.2, -0.15) is 0 Å². The first kappa shape index (κ1) is 109. The van der Waals surface area contributed by atoms with Crippen LogP contribution in [0.1, 0.15) is 401 Å². The van der Waals surface area contributed by atoms with Crippen molar-refractivity contribution in [1.82, 2.24) is 0 Å². The molecule has 0 aromatic carbocycles. The molecule has 3 fully saturated rings. The highest BCUT2D eigenvalue weighted by Gasteiger charge is 2.60. The van der Waals surface area contributed by atoms with Gasteiger partial charge in [0.25, 0.3) is 0 Å². The number of unbranched alkanes of at least 4 members (excludes halogenated alkanes) is 44. The van der Waals surface area contributed by atoms with Crippen LogP contribution in [-0.2, 0) is 70.7 Å². The maximum Gasteiger partial charge on any atom is 0.472 e. The third-order valence-electron chi connectivity index (χ3n) is 23.3. The summed E-state index contributed by atoms with van der Waals surface area (Å²) in [7, 11) is -5.81. The molecular formula is C92H169O25P. The summed E-state index contributed by atoms with van der Waals surface area (Å²) >= 11 is 0. The smallest absolute Gasteiger partial charge is 0.463 e. The molecule has 3 aliphatic rings. The molecule has 3 rings (SSSR count). The van der Waals surface area contributed by atoms with Crippen LogP contribution >= 0.6 is 7.82 Å².